The average Bonchev–Trinajstić information content (AvgIpc) is 2.59. The minimum absolute atomic E-state index is 0.0568. The summed E-state index contributed by atoms with van der Waals surface area (Å²) in [5.41, 5.74) is 2.57. The molecule has 0 N–H and O–H groups in total. The van der Waals surface area contributed by atoms with Crippen LogP contribution < -0.4 is 5.01 Å². The van der Waals surface area contributed by atoms with E-state index in [1.54, 1.807) is 0 Å². The Morgan fingerprint density at radius 2 is 1.82 bits per heavy atom. The van der Waals surface area contributed by atoms with Gasteiger partial charge < -0.3 is 0 Å². The molecule has 1 aromatic rings. The van der Waals surface area contributed by atoms with Gasteiger partial charge in [-0.2, -0.15) is 10.1 Å². The van der Waals surface area contributed by atoms with Crippen molar-refractivity contribution in [3.8, 4) is 0 Å². The van der Waals surface area contributed by atoms with Crippen molar-refractivity contribution < 1.29 is 4.79 Å². The maximum atomic E-state index is 11.8. The molecule has 0 saturated heterocycles. The lowest BCUT2D eigenvalue weighted by Crippen LogP contribution is -2.22. The van der Waals surface area contributed by atoms with Gasteiger partial charge in [0.05, 0.1) is 12.1 Å². The molecule has 1 amide bonds. The zero-order valence-electron chi connectivity index (χ0n) is 10.6. The van der Waals surface area contributed by atoms with Crippen molar-refractivity contribution in [1.82, 2.24) is 9.97 Å². The average molecular weight is 232 g/mol. The maximum absolute atomic E-state index is 11.8. The van der Waals surface area contributed by atoms with E-state index >= 15 is 0 Å². The summed E-state index contributed by atoms with van der Waals surface area (Å²) in [5, 5.41) is 5.61. The van der Waals surface area contributed by atoms with E-state index in [0.29, 0.717) is 12.4 Å². The van der Waals surface area contributed by atoms with Crippen LogP contribution in [0.2, 0.25) is 0 Å². The zero-order valence-corrected chi connectivity index (χ0v) is 10.6. The zero-order chi connectivity index (χ0) is 12.6. The van der Waals surface area contributed by atoms with Crippen LogP contribution in [0.1, 0.15) is 31.7 Å². The highest BCUT2D eigenvalue weighted by Gasteiger charge is 2.28. The van der Waals surface area contributed by atoms with Crippen LogP contribution in [-0.2, 0) is 4.79 Å². The van der Waals surface area contributed by atoms with Crippen LogP contribution in [0.4, 0.5) is 5.95 Å². The monoisotopic (exact) mass is 232 g/mol. The van der Waals surface area contributed by atoms with Crippen LogP contribution in [0.5, 0.6) is 0 Å². The number of aromatic nitrogens is 2. The van der Waals surface area contributed by atoms with Gasteiger partial charge in [-0.3, -0.25) is 4.79 Å². The van der Waals surface area contributed by atoms with Gasteiger partial charge in [0.25, 0.3) is 11.9 Å². The molecule has 0 fully saturated rings. The van der Waals surface area contributed by atoms with Crippen LogP contribution in [0.15, 0.2) is 11.2 Å². The second kappa shape index (κ2) is 4.24. The van der Waals surface area contributed by atoms with E-state index in [0.717, 1.165) is 17.1 Å². The molecule has 2 rings (SSSR count). The van der Waals surface area contributed by atoms with E-state index in [4.69, 9.17) is 0 Å². The summed E-state index contributed by atoms with van der Waals surface area (Å²) in [6.07, 6.45) is 0.369. The quantitative estimate of drug-likeness (QED) is 0.781. The van der Waals surface area contributed by atoms with Crippen molar-refractivity contribution in [2.45, 2.75) is 34.1 Å². The van der Waals surface area contributed by atoms with Gasteiger partial charge in [-0.05, 0) is 25.8 Å². The Morgan fingerprint density at radius 3 is 2.29 bits per heavy atom. The van der Waals surface area contributed by atoms with Gasteiger partial charge in [-0.15, -0.1) is 0 Å². The fourth-order valence-corrected chi connectivity index (χ4v) is 1.73. The number of carbonyl (C=O) groups excluding carboxylic acids is 1. The smallest absolute Gasteiger partial charge is 0.255 e. The number of hydrazone groups is 1. The summed E-state index contributed by atoms with van der Waals surface area (Å²) in [6.45, 7) is 7.81. The minimum Gasteiger partial charge on any atom is -0.272 e. The van der Waals surface area contributed by atoms with E-state index in [1.807, 2.05) is 33.8 Å². The number of carbonyl (C=O) groups is 1. The molecule has 90 valence electrons. The van der Waals surface area contributed by atoms with Gasteiger partial charge in [0.1, 0.15) is 0 Å². The van der Waals surface area contributed by atoms with Crippen LogP contribution in [-0.4, -0.2) is 21.6 Å². The number of nitrogens with zero attached hydrogens (tertiary/aromatic N) is 4. The first-order chi connectivity index (χ1) is 7.97. The molecule has 0 spiro atoms. The molecule has 0 saturated carbocycles. The number of aryl methyl sites for hydroxylation is 2. The van der Waals surface area contributed by atoms with E-state index in [9.17, 15) is 4.79 Å². The van der Waals surface area contributed by atoms with Gasteiger partial charge in [0.2, 0.25) is 0 Å². The molecule has 0 atom stereocenters. The van der Waals surface area contributed by atoms with Crippen LogP contribution >= 0.6 is 0 Å². The van der Waals surface area contributed by atoms with Crippen LogP contribution in [0.3, 0.4) is 0 Å². The molecule has 0 radical (unpaired) electrons. The molecule has 0 unspecified atom stereocenters. The van der Waals surface area contributed by atoms with Gasteiger partial charge in [0.15, 0.2) is 0 Å². The Hall–Kier alpha value is -1.78. The summed E-state index contributed by atoms with van der Waals surface area (Å²) < 4.78 is 0. The third-order valence-electron chi connectivity index (χ3n) is 2.62. The van der Waals surface area contributed by atoms with Gasteiger partial charge in [-0.25, -0.2) is 9.97 Å². The Labute approximate surface area is 101 Å². The molecule has 0 aliphatic carbocycles. The topological polar surface area (TPSA) is 58.5 Å². The second-order valence-corrected chi connectivity index (χ2v) is 4.58. The SMILES string of the molecule is Cc1cc(C)nc(N2N=C(C(C)C)CC2=O)n1. The molecule has 2 heterocycles. The fourth-order valence-electron chi connectivity index (χ4n) is 1.73. The Kier molecular flexibility index (Phi) is 2.92. The molecule has 1 aliphatic heterocycles. The Morgan fingerprint density at radius 1 is 1.24 bits per heavy atom. The Bertz CT molecular complexity index is 473. The predicted molar refractivity (Wildman–Crippen MR) is 65.9 cm³/mol. The number of rotatable bonds is 2. The molecule has 1 aliphatic rings. The lowest BCUT2D eigenvalue weighted by Gasteiger charge is -2.10. The lowest BCUT2D eigenvalue weighted by molar-refractivity contribution is -0.117. The molecule has 5 nitrogen and oxygen atoms in total. The molecule has 17 heavy (non-hydrogen) atoms. The third kappa shape index (κ3) is 2.33. The standard InChI is InChI=1S/C12H16N4O/c1-7(2)10-6-11(17)16(15-10)12-13-8(3)5-9(4)14-12/h5,7H,6H2,1-4H3. The van der Waals surface area contributed by atoms with Crippen molar-refractivity contribution in [3.05, 3.63) is 17.5 Å². The normalized spacial score (nSPS) is 15.7. The predicted octanol–water partition coefficient (Wildman–Crippen LogP) is 1.84. The van der Waals surface area contributed by atoms with E-state index in [-0.39, 0.29) is 11.8 Å². The number of amides is 1. The molecule has 1 aromatic heterocycles. The van der Waals surface area contributed by atoms with Crippen molar-refractivity contribution in [2.24, 2.45) is 11.0 Å². The van der Waals surface area contributed by atoms with Crippen molar-refractivity contribution in [3.63, 3.8) is 0 Å². The molecule has 0 aromatic carbocycles. The summed E-state index contributed by atoms with van der Waals surface area (Å²) >= 11 is 0. The number of anilines is 1. The highest BCUT2D eigenvalue weighted by molar-refractivity contribution is 6.12. The third-order valence-corrected chi connectivity index (χ3v) is 2.62. The maximum Gasteiger partial charge on any atom is 0.255 e. The highest BCUT2D eigenvalue weighted by atomic mass is 16.2. The minimum atomic E-state index is -0.0568. The van der Waals surface area contributed by atoms with Gasteiger partial charge in [0, 0.05) is 11.4 Å². The van der Waals surface area contributed by atoms with Crippen molar-refractivity contribution in [1.29, 1.82) is 0 Å². The van der Waals surface area contributed by atoms with E-state index in [1.165, 1.54) is 5.01 Å². The molecule has 5 heteroatoms. The first kappa shape index (κ1) is 11.7. The number of hydrogen-bond acceptors (Lipinski definition) is 4. The summed E-state index contributed by atoms with van der Waals surface area (Å²) in [4.78, 5) is 20.3. The van der Waals surface area contributed by atoms with Crippen LogP contribution in [0, 0.1) is 19.8 Å². The lowest BCUT2D eigenvalue weighted by atomic mass is 10.1. The molecular formula is C12H16N4O. The van der Waals surface area contributed by atoms with Gasteiger partial charge >= 0.3 is 0 Å². The van der Waals surface area contributed by atoms with Crippen molar-refractivity contribution >= 4 is 17.6 Å². The van der Waals surface area contributed by atoms with Crippen molar-refractivity contribution in [2.75, 3.05) is 5.01 Å². The summed E-state index contributed by atoms with van der Waals surface area (Å²) in [7, 11) is 0. The summed E-state index contributed by atoms with van der Waals surface area (Å²) in [5.74, 6) is 0.594. The number of hydrogen-bond donors (Lipinski definition) is 0. The first-order valence-corrected chi connectivity index (χ1v) is 5.70. The van der Waals surface area contributed by atoms with E-state index < -0.39 is 0 Å². The second-order valence-electron chi connectivity index (χ2n) is 4.58. The fraction of sp³-hybridized carbons (Fsp3) is 0.500. The largest absolute Gasteiger partial charge is 0.272 e. The molecular weight excluding hydrogens is 216 g/mol. The highest BCUT2D eigenvalue weighted by Crippen LogP contribution is 2.19. The van der Waals surface area contributed by atoms with Crippen LogP contribution in [0.25, 0.3) is 0 Å². The van der Waals surface area contributed by atoms with E-state index in [2.05, 4.69) is 15.1 Å². The molecule has 0 bridgehead atoms. The van der Waals surface area contributed by atoms with Gasteiger partial charge in [-0.1, -0.05) is 13.8 Å². The summed E-state index contributed by atoms with van der Waals surface area (Å²) in [6, 6.07) is 1.87. The Balaban J connectivity index is 2.37. The first-order valence-electron chi connectivity index (χ1n) is 5.70.